The third-order valence-corrected chi connectivity index (χ3v) is 1.38. The van der Waals surface area contributed by atoms with E-state index in [0.29, 0.717) is 5.65 Å². The normalized spacial score (nSPS) is 10.6. The molecule has 56 valence electrons. The minimum atomic E-state index is -0.371. The lowest BCUT2D eigenvalue weighted by atomic mass is 10.6. The fourth-order valence-corrected chi connectivity index (χ4v) is 0.946. The van der Waals surface area contributed by atoms with E-state index < -0.39 is 0 Å². The van der Waals surface area contributed by atoms with Gasteiger partial charge in [-0.25, -0.2) is 9.78 Å². The Morgan fingerprint density at radius 3 is 3.09 bits per heavy atom. The van der Waals surface area contributed by atoms with E-state index in [-0.39, 0.29) is 5.69 Å². The molecule has 0 aliphatic heterocycles. The van der Waals surface area contributed by atoms with E-state index in [2.05, 4.69) is 19.9 Å². The molecule has 2 N–H and O–H groups in total. The van der Waals surface area contributed by atoms with Gasteiger partial charge in [0.25, 0.3) is 0 Å². The first kappa shape index (κ1) is 6.09. The lowest BCUT2D eigenvalue weighted by Gasteiger charge is -1.81. The van der Waals surface area contributed by atoms with E-state index >= 15 is 0 Å². The second-order valence-corrected chi connectivity index (χ2v) is 2.27. The first-order valence-corrected chi connectivity index (χ1v) is 3.18. The van der Waals surface area contributed by atoms with E-state index in [4.69, 9.17) is 0 Å². The number of H-pyrrole nitrogens is 2. The predicted molar refractivity (Wildman–Crippen MR) is 39.2 cm³/mol. The number of hydrogen-bond acceptors (Lipinski definition) is 3. The summed E-state index contributed by atoms with van der Waals surface area (Å²) in [5.41, 5.74) is 0.845. The van der Waals surface area contributed by atoms with Crippen LogP contribution in [0.5, 0.6) is 0 Å². The molecule has 0 aliphatic rings. The van der Waals surface area contributed by atoms with Gasteiger partial charge < -0.3 is 9.97 Å². The van der Waals surface area contributed by atoms with Crippen molar-refractivity contribution < 1.29 is 0 Å². The van der Waals surface area contributed by atoms with Gasteiger partial charge in [-0.2, -0.15) is 4.98 Å². The number of aromatic nitrogens is 4. The van der Waals surface area contributed by atoms with E-state index in [0.717, 1.165) is 11.3 Å². The molecular formula is C6H6N4O. The van der Waals surface area contributed by atoms with Gasteiger partial charge in [0.15, 0.2) is 5.65 Å². The summed E-state index contributed by atoms with van der Waals surface area (Å²) in [4.78, 5) is 23.7. The molecule has 0 atom stereocenters. The molecule has 0 spiro atoms. The molecule has 2 rings (SSSR count). The Morgan fingerprint density at radius 1 is 1.45 bits per heavy atom. The van der Waals surface area contributed by atoms with Crippen LogP contribution in [0.2, 0.25) is 0 Å². The van der Waals surface area contributed by atoms with E-state index in [1.165, 1.54) is 0 Å². The number of nitrogens with zero attached hydrogens (tertiary/aromatic N) is 2. The van der Waals surface area contributed by atoms with E-state index in [9.17, 15) is 4.79 Å². The molecule has 2 aromatic rings. The minimum absolute atomic E-state index is 0.371. The zero-order valence-corrected chi connectivity index (χ0v) is 5.88. The molecular weight excluding hydrogens is 144 g/mol. The maximum absolute atomic E-state index is 10.7. The standard InChI is InChI=1S/C6H6N4O/c1-3-8-4-2-7-6(11)10-5(4)9-3/h2H,1H3,(H2,7,8,9,10,11). The highest BCUT2D eigenvalue weighted by atomic mass is 16.1. The van der Waals surface area contributed by atoms with Gasteiger partial charge >= 0.3 is 5.69 Å². The topological polar surface area (TPSA) is 74.4 Å². The Labute approximate surface area is 61.5 Å². The van der Waals surface area contributed by atoms with Crippen LogP contribution in [0.4, 0.5) is 0 Å². The van der Waals surface area contributed by atoms with Crippen LogP contribution in [0.25, 0.3) is 11.2 Å². The third-order valence-electron chi connectivity index (χ3n) is 1.38. The molecule has 2 heterocycles. The average molecular weight is 150 g/mol. The number of hydrogen-bond donors (Lipinski definition) is 2. The minimum Gasteiger partial charge on any atom is -0.340 e. The fraction of sp³-hybridized carbons (Fsp3) is 0.167. The summed E-state index contributed by atoms with van der Waals surface area (Å²) in [7, 11) is 0. The number of aryl methyl sites for hydroxylation is 1. The molecule has 5 nitrogen and oxygen atoms in total. The van der Waals surface area contributed by atoms with Crippen molar-refractivity contribution in [2.45, 2.75) is 6.92 Å². The van der Waals surface area contributed by atoms with Gasteiger partial charge in [0.2, 0.25) is 0 Å². The molecule has 11 heavy (non-hydrogen) atoms. The molecule has 5 heteroatoms. The van der Waals surface area contributed by atoms with Crippen LogP contribution in [0.3, 0.4) is 0 Å². The Morgan fingerprint density at radius 2 is 2.27 bits per heavy atom. The van der Waals surface area contributed by atoms with Gasteiger partial charge in [0.05, 0.1) is 0 Å². The van der Waals surface area contributed by atoms with Gasteiger partial charge in [-0.15, -0.1) is 0 Å². The van der Waals surface area contributed by atoms with Crippen molar-refractivity contribution >= 4 is 11.2 Å². The Hall–Kier alpha value is -1.65. The van der Waals surface area contributed by atoms with Gasteiger partial charge in [0, 0.05) is 6.20 Å². The van der Waals surface area contributed by atoms with Crippen LogP contribution in [0.1, 0.15) is 5.82 Å². The summed E-state index contributed by atoms with van der Waals surface area (Å²) in [5, 5.41) is 0. The maximum Gasteiger partial charge on any atom is 0.347 e. The molecule has 0 radical (unpaired) electrons. The number of rotatable bonds is 0. The highest BCUT2D eigenvalue weighted by molar-refractivity contribution is 5.68. The van der Waals surface area contributed by atoms with Crippen molar-refractivity contribution in [3.63, 3.8) is 0 Å². The van der Waals surface area contributed by atoms with Crippen LogP contribution in [-0.4, -0.2) is 19.9 Å². The predicted octanol–water partition coefficient (Wildman–Crippen LogP) is -0.0454. The van der Waals surface area contributed by atoms with Crippen molar-refractivity contribution in [2.24, 2.45) is 0 Å². The van der Waals surface area contributed by atoms with E-state index in [1.54, 1.807) is 6.20 Å². The van der Waals surface area contributed by atoms with Crippen molar-refractivity contribution in [3.05, 3.63) is 22.5 Å². The lowest BCUT2D eigenvalue weighted by Crippen LogP contribution is -2.08. The zero-order valence-electron chi connectivity index (χ0n) is 5.88. The molecule has 0 saturated carbocycles. The van der Waals surface area contributed by atoms with Crippen LogP contribution in [0, 0.1) is 6.92 Å². The summed E-state index contributed by atoms with van der Waals surface area (Å²) in [6.07, 6.45) is 1.56. The summed E-state index contributed by atoms with van der Waals surface area (Å²) in [6.45, 7) is 1.81. The molecule has 2 aromatic heterocycles. The average Bonchev–Trinajstić information content (AvgIpc) is 2.27. The van der Waals surface area contributed by atoms with Crippen LogP contribution in [-0.2, 0) is 0 Å². The molecule has 0 amide bonds. The van der Waals surface area contributed by atoms with Crippen LogP contribution >= 0.6 is 0 Å². The summed E-state index contributed by atoms with van der Waals surface area (Å²) in [6, 6.07) is 0. The van der Waals surface area contributed by atoms with Gasteiger partial charge in [-0.1, -0.05) is 0 Å². The molecule has 0 bridgehead atoms. The van der Waals surface area contributed by atoms with Crippen molar-refractivity contribution in [3.8, 4) is 0 Å². The zero-order chi connectivity index (χ0) is 7.84. The van der Waals surface area contributed by atoms with E-state index in [1.807, 2.05) is 6.92 Å². The number of fused-ring (bicyclic) bond motifs is 1. The number of nitrogens with one attached hydrogen (secondary N) is 2. The fourth-order valence-electron chi connectivity index (χ4n) is 0.946. The van der Waals surface area contributed by atoms with Gasteiger partial charge in [-0.3, -0.25) is 0 Å². The van der Waals surface area contributed by atoms with Crippen molar-refractivity contribution in [2.75, 3.05) is 0 Å². The third kappa shape index (κ3) is 0.899. The molecule has 0 aliphatic carbocycles. The SMILES string of the molecule is Cc1nc2nc(=O)[nH]cc2[nH]1. The second kappa shape index (κ2) is 1.91. The Balaban J connectivity index is 2.92. The molecule has 0 saturated heterocycles. The molecule has 0 aromatic carbocycles. The smallest absolute Gasteiger partial charge is 0.340 e. The summed E-state index contributed by atoms with van der Waals surface area (Å²) < 4.78 is 0. The quantitative estimate of drug-likeness (QED) is 0.553. The molecule has 0 fully saturated rings. The highest BCUT2D eigenvalue weighted by Crippen LogP contribution is 2.02. The van der Waals surface area contributed by atoms with Gasteiger partial charge in [-0.05, 0) is 6.92 Å². The number of imidazole rings is 1. The monoisotopic (exact) mass is 150 g/mol. The first-order chi connectivity index (χ1) is 5.25. The second-order valence-electron chi connectivity index (χ2n) is 2.27. The van der Waals surface area contributed by atoms with Crippen LogP contribution < -0.4 is 5.69 Å². The number of aromatic amines is 2. The van der Waals surface area contributed by atoms with Crippen molar-refractivity contribution in [1.82, 2.24) is 19.9 Å². The lowest BCUT2D eigenvalue weighted by molar-refractivity contribution is 1.10. The molecule has 0 unspecified atom stereocenters. The summed E-state index contributed by atoms with van der Waals surface area (Å²) >= 11 is 0. The van der Waals surface area contributed by atoms with Crippen LogP contribution in [0.15, 0.2) is 11.0 Å². The highest BCUT2D eigenvalue weighted by Gasteiger charge is 1.98. The Bertz CT molecular complexity index is 441. The first-order valence-electron chi connectivity index (χ1n) is 3.18. The van der Waals surface area contributed by atoms with Crippen molar-refractivity contribution in [1.29, 1.82) is 0 Å². The van der Waals surface area contributed by atoms with Gasteiger partial charge in [0.1, 0.15) is 11.3 Å². The largest absolute Gasteiger partial charge is 0.347 e. The summed E-state index contributed by atoms with van der Waals surface area (Å²) in [5.74, 6) is 0.756. The Kier molecular flexibility index (Phi) is 1.06. The maximum atomic E-state index is 10.7.